The third-order valence-corrected chi connectivity index (χ3v) is 6.51. The molecule has 3 rings (SSSR count). The topological polar surface area (TPSA) is 26.0 Å². The van der Waals surface area contributed by atoms with Crippen LogP contribution in [0.25, 0.3) is 0 Å². The molecule has 2 aliphatic rings. The van der Waals surface area contributed by atoms with Gasteiger partial charge in [-0.05, 0) is 61.0 Å². The first-order chi connectivity index (χ1) is 10.6. The second-order valence-electron chi connectivity index (χ2n) is 8.57. The van der Waals surface area contributed by atoms with Gasteiger partial charge in [0.1, 0.15) is 0 Å². The van der Waals surface area contributed by atoms with Crippen LogP contribution in [0.3, 0.4) is 0 Å². The van der Waals surface area contributed by atoms with Gasteiger partial charge in [-0.1, -0.05) is 57.4 Å². The number of nitrogens with two attached hydrogens (primary N) is 1. The SMILES string of the molecule is CC1(C)CCC(c2ccccc2C2(CN)CCCCC2)CC1. The summed E-state index contributed by atoms with van der Waals surface area (Å²) in [5.74, 6) is 0.759. The van der Waals surface area contributed by atoms with E-state index in [9.17, 15) is 0 Å². The maximum atomic E-state index is 6.31. The highest BCUT2D eigenvalue weighted by Crippen LogP contribution is 2.47. The van der Waals surface area contributed by atoms with Crippen LogP contribution in [-0.4, -0.2) is 6.54 Å². The van der Waals surface area contributed by atoms with Crippen LogP contribution >= 0.6 is 0 Å². The molecule has 0 amide bonds. The van der Waals surface area contributed by atoms with E-state index in [1.54, 1.807) is 11.1 Å². The summed E-state index contributed by atoms with van der Waals surface area (Å²) in [6.45, 7) is 5.68. The van der Waals surface area contributed by atoms with E-state index in [1.807, 2.05) is 0 Å². The Morgan fingerprint density at radius 2 is 1.59 bits per heavy atom. The summed E-state index contributed by atoms with van der Waals surface area (Å²) in [5, 5.41) is 0. The molecule has 1 heteroatoms. The Morgan fingerprint density at radius 3 is 2.23 bits per heavy atom. The van der Waals surface area contributed by atoms with Gasteiger partial charge in [0.05, 0.1) is 0 Å². The summed E-state index contributed by atoms with van der Waals surface area (Å²) in [7, 11) is 0. The van der Waals surface area contributed by atoms with E-state index in [2.05, 4.69) is 38.1 Å². The Bertz CT molecular complexity index is 486. The normalized spacial score (nSPS) is 25.0. The average molecular weight is 300 g/mol. The Balaban J connectivity index is 1.90. The molecule has 1 nitrogen and oxygen atoms in total. The molecule has 122 valence electrons. The highest BCUT2D eigenvalue weighted by molar-refractivity contribution is 5.38. The lowest BCUT2D eigenvalue weighted by Gasteiger charge is -2.41. The van der Waals surface area contributed by atoms with Crippen LogP contribution in [0.1, 0.15) is 88.7 Å². The number of hydrogen-bond acceptors (Lipinski definition) is 1. The molecular formula is C21H33N. The smallest absolute Gasteiger partial charge is 0.00783 e. The second kappa shape index (κ2) is 6.35. The van der Waals surface area contributed by atoms with Crippen molar-refractivity contribution in [1.29, 1.82) is 0 Å². The molecule has 1 aromatic rings. The molecule has 0 spiro atoms. The van der Waals surface area contributed by atoms with Crippen molar-refractivity contribution in [3.8, 4) is 0 Å². The van der Waals surface area contributed by atoms with Crippen molar-refractivity contribution >= 4 is 0 Å². The summed E-state index contributed by atoms with van der Waals surface area (Å²) in [6.07, 6.45) is 12.1. The highest BCUT2D eigenvalue weighted by atomic mass is 14.6. The molecule has 0 atom stereocenters. The monoisotopic (exact) mass is 299 g/mol. The number of hydrogen-bond donors (Lipinski definition) is 1. The lowest BCUT2D eigenvalue weighted by atomic mass is 9.64. The Hall–Kier alpha value is -0.820. The molecule has 0 radical (unpaired) electrons. The van der Waals surface area contributed by atoms with Crippen LogP contribution in [-0.2, 0) is 5.41 Å². The van der Waals surface area contributed by atoms with Gasteiger partial charge in [0.15, 0.2) is 0 Å². The van der Waals surface area contributed by atoms with Gasteiger partial charge in [-0.2, -0.15) is 0 Å². The van der Waals surface area contributed by atoms with E-state index < -0.39 is 0 Å². The minimum Gasteiger partial charge on any atom is -0.330 e. The van der Waals surface area contributed by atoms with Crippen LogP contribution in [0, 0.1) is 5.41 Å². The maximum absolute atomic E-state index is 6.31. The van der Waals surface area contributed by atoms with E-state index in [4.69, 9.17) is 5.73 Å². The maximum Gasteiger partial charge on any atom is 0.00783 e. The van der Waals surface area contributed by atoms with Gasteiger partial charge in [-0.15, -0.1) is 0 Å². The predicted molar refractivity (Wildman–Crippen MR) is 95.2 cm³/mol. The van der Waals surface area contributed by atoms with Crippen LogP contribution in [0.5, 0.6) is 0 Å². The van der Waals surface area contributed by atoms with Gasteiger partial charge in [0, 0.05) is 12.0 Å². The quantitative estimate of drug-likeness (QED) is 0.780. The molecule has 2 fully saturated rings. The summed E-state index contributed by atoms with van der Waals surface area (Å²) in [5.41, 5.74) is 10.3. The standard InChI is InChI=1S/C21H33N/c1-20(2)14-10-17(11-15-20)18-8-4-5-9-19(18)21(16-22)12-6-3-7-13-21/h4-5,8-9,17H,3,6-7,10-16,22H2,1-2H3. The average Bonchev–Trinajstić information content (AvgIpc) is 2.55. The molecule has 0 unspecified atom stereocenters. The van der Waals surface area contributed by atoms with Crippen molar-refractivity contribution in [2.24, 2.45) is 11.1 Å². The first kappa shape index (κ1) is 16.1. The van der Waals surface area contributed by atoms with Gasteiger partial charge in [-0.25, -0.2) is 0 Å². The Labute approximate surface area is 136 Å². The van der Waals surface area contributed by atoms with E-state index in [0.29, 0.717) is 5.41 Å². The van der Waals surface area contributed by atoms with Gasteiger partial charge in [-0.3, -0.25) is 0 Å². The summed E-state index contributed by atoms with van der Waals surface area (Å²) in [4.78, 5) is 0. The fourth-order valence-corrected chi connectivity index (χ4v) is 4.86. The van der Waals surface area contributed by atoms with Gasteiger partial charge < -0.3 is 5.73 Å². The van der Waals surface area contributed by atoms with Crippen LogP contribution < -0.4 is 5.73 Å². The van der Waals surface area contributed by atoms with E-state index in [1.165, 1.54) is 57.8 Å². The molecule has 0 saturated heterocycles. The summed E-state index contributed by atoms with van der Waals surface area (Å²) < 4.78 is 0. The molecule has 2 aliphatic carbocycles. The Morgan fingerprint density at radius 1 is 0.955 bits per heavy atom. The van der Waals surface area contributed by atoms with Crippen LogP contribution in [0.2, 0.25) is 0 Å². The molecule has 0 aromatic heterocycles. The minimum absolute atomic E-state index is 0.266. The van der Waals surface area contributed by atoms with Crippen molar-refractivity contribution in [2.45, 2.75) is 83.0 Å². The predicted octanol–water partition coefficient (Wildman–Crippen LogP) is 5.53. The zero-order valence-corrected chi connectivity index (χ0v) is 14.5. The summed E-state index contributed by atoms with van der Waals surface area (Å²) >= 11 is 0. The lowest BCUT2D eigenvalue weighted by molar-refractivity contribution is 0.221. The van der Waals surface area contributed by atoms with Gasteiger partial charge in [0.25, 0.3) is 0 Å². The van der Waals surface area contributed by atoms with Crippen molar-refractivity contribution in [2.75, 3.05) is 6.54 Å². The first-order valence-corrected chi connectivity index (χ1v) is 9.36. The molecule has 1 aromatic carbocycles. The minimum atomic E-state index is 0.266. The molecule has 0 heterocycles. The zero-order chi connectivity index (χ0) is 15.6. The zero-order valence-electron chi connectivity index (χ0n) is 14.5. The third-order valence-electron chi connectivity index (χ3n) is 6.51. The molecule has 2 saturated carbocycles. The second-order valence-corrected chi connectivity index (χ2v) is 8.57. The first-order valence-electron chi connectivity index (χ1n) is 9.36. The number of benzene rings is 1. The molecule has 0 bridgehead atoms. The number of rotatable bonds is 3. The molecule has 2 N–H and O–H groups in total. The van der Waals surface area contributed by atoms with E-state index >= 15 is 0 Å². The Kier molecular flexibility index (Phi) is 4.64. The summed E-state index contributed by atoms with van der Waals surface area (Å²) in [6, 6.07) is 9.28. The van der Waals surface area contributed by atoms with Crippen molar-refractivity contribution in [3.05, 3.63) is 35.4 Å². The van der Waals surface area contributed by atoms with Crippen LogP contribution in [0.15, 0.2) is 24.3 Å². The van der Waals surface area contributed by atoms with Gasteiger partial charge in [0.2, 0.25) is 0 Å². The van der Waals surface area contributed by atoms with E-state index in [-0.39, 0.29) is 5.41 Å². The van der Waals surface area contributed by atoms with Crippen molar-refractivity contribution in [1.82, 2.24) is 0 Å². The molecule has 22 heavy (non-hydrogen) atoms. The lowest BCUT2D eigenvalue weighted by Crippen LogP contribution is -2.38. The van der Waals surface area contributed by atoms with Crippen molar-refractivity contribution in [3.63, 3.8) is 0 Å². The molecular weight excluding hydrogens is 266 g/mol. The third kappa shape index (κ3) is 3.11. The fraction of sp³-hybridized carbons (Fsp3) is 0.714. The van der Waals surface area contributed by atoms with Crippen molar-refractivity contribution < 1.29 is 0 Å². The largest absolute Gasteiger partial charge is 0.330 e. The van der Waals surface area contributed by atoms with Crippen LogP contribution in [0.4, 0.5) is 0 Å². The highest BCUT2D eigenvalue weighted by Gasteiger charge is 2.36. The fourth-order valence-electron chi connectivity index (χ4n) is 4.86. The van der Waals surface area contributed by atoms with Gasteiger partial charge >= 0.3 is 0 Å². The van der Waals surface area contributed by atoms with E-state index in [0.717, 1.165) is 12.5 Å². The molecule has 0 aliphatic heterocycles.